The highest BCUT2D eigenvalue weighted by atomic mass is 32.2. The molecule has 31 heavy (non-hydrogen) atoms. The van der Waals surface area contributed by atoms with Crippen LogP contribution >= 0.6 is 0 Å². The molecular formula is C24H23FN2O3S. The second kappa shape index (κ2) is 8.51. The van der Waals surface area contributed by atoms with Crippen molar-refractivity contribution in [3.05, 3.63) is 95.3 Å². The molecule has 1 aliphatic rings. The number of aryl methyl sites for hydroxylation is 1. The molecule has 0 radical (unpaired) electrons. The van der Waals surface area contributed by atoms with Crippen LogP contribution in [0.3, 0.4) is 0 Å². The Morgan fingerprint density at radius 3 is 2.58 bits per heavy atom. The minimum atomic E-state index is -3.82. The number of rotatable bonds is 5. The number of fused-ring (bicyclic) bond motifs is 1. The zero-order valence-electron chi connectivity index (χ0n) is 17.2. The summed E-state index contributed by atoms with van der Waals surface area (Å²) in [7, 11) is -2.25. The molecule has 5 nitrogen and oxygen atoms in total. The maximum absolute atomic E-state index is 13.9. The summed E-state index contributed by atoms with van der Waals surface area (Å²) < 4.78 is 42.1. The van der Waals surface area contributed by atoms with Crippen molar-refractivity contribution in [2.45, 2.75) is 24.3 Å². The monoisotopic (exact) mass is 438 g/mol. The molecular weight excluding hydrogens is 415 g/mol. The number of carbonyl (C=O) groups is 1. The topological polar surface area (TPSA) is 57.7 Å². The van der Waals surface area contributed by atoms with Gasteiger partial charge in [-0.15, -0.1) is 0 Å². The lowest BCUT2D eigenvalue weighted by molar-refractivity contribution is 0.0783. The highest BCUT2D eigenvalue weighted by Crippen LogP contribution is 2.32. The summed E-state index contributed by atoms with van der Waals surface area (Å²) in [5.74, 6) is -0.762. The average Bonchev–Trinajstić information content (AvgIpc) is 2.79. The van der Waals surface area contributed by atoms with Crippen LogP contribution in [0, 0.1) is 5.82 Å². The van der Waals surface area contributed by atoms with Crippen LogP contribution in [0.2, 0.25) is 0 Å². The molecule has 0 fully saturated rings. The van der Waals surface area contributed by atoms with Crippen molar-refractivity contribution in [2.24, 2.45) is 0 Å². The number of anilines is 1. The third-order valence-electron chi connectivity index (χ3n) is 5.45. The molecule has 0 bridgehead atoms. The van der Waals surface area contributed by atoms with Gasteiger partial charge in [0, 0.05) is 31.3 Å². The van der Waals surface area contributed by atoms with Crippen molar-refractivity contribution in [3.63, 3.8) is 0 Å². The lowest BCUT2D eigenvalue weighted by Gasteiger charge is -2.30. The molecule has 0 aromatic heterocycles. The summed E-state index contributed by atoms with van der Waals surface area (Å²) in [5, 5.41) is 0. The zero-order valence-corrected chi connectivity index (χ0v) is 18.0. The lowest BCUT2D eigenvalue weighted by Crippen LogP contribution is -2.35. The molecule has 0 spiro atoms. The van der Waals surface area contributed by atoms with E-state index in [1.807, 2.05) is 24.3 Å². The Balaban J connectivity index is 1.61. The van der Waals surface area contributed by atoms with Gasteiger partial charge in [-0.05, 0) is 48.7 Å². The second-order valence-electron chi connectivity index (χ2n) is 7.59. The summed E-state index contributed by atoms with van der Waals surface area (Å²) in [5.41, 5.74) is 2.31. The molecule has 3 aromatic rings. The van der Waals surface area contributed by atoms with Crippen LogP contribution in [0.25, 0.3) is 0 Å². The van der Waals surface area contributed by atoms with Crippen molar-refractivity contribution >= 4 is 21.6 Å². The van der Waals surface area contributed by atoms with Gasteiger partial charge in [-0.1, -0.05) is 42.5 Å². The zero-order chi connectivity index (χ0) is 22.0. The van der Waals surface area contributed by atoms with Crippen molar-refractivity contribution in [1.29, 1.82) is 0 Å². The molecule has 0 saturated carbocycles. The van der Waals surface area contributed by atoms with Gasteiger partial charge in [0.25, 0.3) is 15.9 Å². The van der Waals surface area contributed by atoms with Gasteiger partial charge < -0.3 is 4.90 Å². The van der Waals surface area contributed by atoms with Gasteiger partial charge in [0.15, 0.2) is 0 Å². The summed E-state index contributed by atoms with van der Waals surface area (Å²) in [6.07, 6.45) is 1.57. The molecule has 0 unspecified atom stereocenters. The van der Waals surface area contributed by atoms with Crippen molar-refractivity contribution in [2.75, 3.05) is 17.9 Å². The van der Waals surface area contributed by atoms with Crippen LogP contribution in [0.15, 0.2) is 77.7 Å². The first-order chi connectivity index (χ1) is 14.9. The Morgan fingerprint density at radius 1 is 1.03 bits per heavy atom. The summed E-state index contributed by atoms with van der Waals surface area (Å²) >= 11 is 0. The van der Waals surface area contributed by atoms with E-state index in [0.717, 1.165) is 18.4 Å². The molecule has 0 aliphatic carbocycles. The van der Waals surface area contributed by atoms with Gasteiger partial charge in [-0.3, -0.25) is 9.10 Å². The second-order valence-corrected chi connectivity index (χ2v) is 9.45. The fraction of sp³-hybridized carbons (Fsp3) is 0.208. The van der Waals surface area contributed by atoms with Crippen LogP contribution in [-0.4, -0.2) is 32.8 Å². The van der Waals surface area contributed by atoms with Crippen molar-refractivity contribution in [1.82, 2.24) is 4.90 Å². The molecule has 0 saturated heterocycles. The number of halogens is 1. The summed E-state index contributed by atoms with van der Waals surface area (Å²) in [6.45, 7) is 0.479. The van der Waals surface area contributed by atoms with Gasteiger partial charge in [0.1, 0.15) is 5.82 Å². The minimum Gasteiger partial charge on any atom is -0.337 e. The standard InChI is InChI=1S/C24H23FN2O3S/c1-26(17-20-9-2-4-13-22(20)25)24(28)19-10-6-12-21(16-19)31(29,30)27-15-7-11-18-8-3-5-14-23(18)27/h2-6,8-10,12-14,16H,7,11,15,17H2,1H3. The number of para-hydroxylation sites is 1. The van der Waals surface area contributed by atoms with E-state index in [1.165, 1.54) is 27.4 Å². The van der Waals surface area contributed by atoms with E-state index in [2.05, 4.69) is 0 Å². The quantitative estimate of drug-likeness (QED) is 0.599. The SMILES string of the molecule is CN(Cc1ccccc1F)C(=O)c1cccc(S(=O)(=O)N2CCCc3ccccc32)c1. The van der Waals surface area contributed by atoms with E-state index in [1.54, 1.807) is 37.4 Å². The first-order valence-corrected chi connectivity index (χ1v) is 11.5. The van der Waals surface area contributed by atoms with Crippen LogP contribution < -0.4 is 4.31 Å². The molecule has 160 valence electrons. The van der Waals surface area contributed by atoms with Crippen LogP contribution in [0.4, 0.5) is 10.1 Å². The number of amides is 1. The first kappa shape index (κ1) is 21.1. The Morgan fingerprint density at radius 2 is 1.77 bits per heavy atom. The molecule has 1 heterocycles. The van der Waals surface area contributed by atoms with E-state index < -0.39 is 10.0 Å². The maximum atomic E-state index is 13.9. The third kappa shape index (κ3) is 4.18. The number of hydrogen-bond acceptors (Lipinski definition) is 3. The summed E-state index contributed by atoms with van der Waals surface area (Å²) in [4.78, 5) is 14.3. The largest absolute Gasteiger partial charge is 0.337 e. The molecule has 4 rings (SSSR count). The fourth-order valence-corrected chi connectivity index (χ4v) is 5.43. The number of benzene rings is 3. The predicted octanol–water partition coefficient (Wildman–Crippen LogP) is 4.24. The Hall–Kier alpha value is -3.19. The van der Waals surface area contributed by atoms with Crippen LogP contribution in [0.1, 0.15) is 27.9 Å². The van der Waals surface area contributed by atoms with Gasteiger partial charge in [-0.25, -0.2) is 12.8 Å². The highest BCUT2D eigenvalue weighted by Gasteiger charge is 2.29. The van der Waals surface area contributed by atoms with Gasteiger partial charge >= 0.3 is 0 Å². The van der Waals surface area contributed by atoms with Crippen LogP contribution in [0.5, 0.6) is 0 Å². The van der Waals surface area contributed by atoms with E-state index in [4.69, 9.17) is 0 Å². The number of sulfonamides is 1. The Bertz CT molecular complexity index is 1230. The van der Waals surface area contributed by atoms with E-state index in [0.29, 0.717) is 17.8 Å². The fourth-order valence-electron chi connectivity index (χ4n) is 3.84. The van der Waals surface area contributed by atoms with Gasteiger partial charge in [-0.2, -0.15) is 0 Å². The molecule has 7 heteroatoms. The number of nitrogens with zero attached hydrogens (tertiary/aromatic N) is 2. The average molecular weight is 439 g/mol. The predicted molar refractivity (Wildman–Crippen MR) is 118 cm³/mol. The molecule has 1 amide bonds. The minimum absolute atomic E-state index is 0.0642. The smallest absolute Gasteiger partial charge is 0.264 e. The van der Waals surface area contributed by atoms with Crippen LogP contribution in [-0.2, 0) is 23.0 Å². The number of carbonyl (C=O) groups excluding carboxylic acids is 1. The third-order valence-corrected chi connectivity index (χ3v) is 7.26. The molecule has 1 aliphatic heterocycles. The van der Waals surface area contributed by atoms with E-state index >= 15 is 0 Å². The van der Waals surface area contributed by atoms with E-state index in [-0.39, 0.29) is 28.7 Å². The Labute approximate surface area is 181 Å². The van der Waals surface area contributed by atoms with Crippen molar-refractivity contribution in [3.8, 4) is 0 Å². The van der Waals surface area contributed by atoms with E-state index in [9.17, 15) is 17.6 Å². The Kier molecular flexibility index (Phi) is 5.78. The first-order valence-electron chi connectivity index (χ1n) is 10.1. The van der Waals surface area contributed by atoms with Gasteiger partial charge in [0.2, 0.25) is 0 Å². The number of hydrogen-bond donors (Lipinski definition) is 0. The normalized spacial score (nSPS) is 13.5. The molecule has 0 atom stereocenters. The van der Waals surface area contributed by atoms with Gasteiger partial charge in [0.05, 0.1) is 10.6 Å². The van der Waals surface area contributed by atoms with Crippen molar-refractivity contribution < 1.29 is 17.6 Å². The highest BCUT2D eigenvalue weighted by molar-refractivity contribution is 7.92. The lowest BCUT2D eigenvalue weighted by atomic mass is 10.0. The molecule has 0 N–H and O–H groups in total. The summed E-state index contributed by atoms with van der Waals surface area (Å²) in [6, 6.07) is 19.8. The molecule has 3 aromatic carbocycles. The maximum Gasteiger partial charge on any atom is 0.264 e.